The number of carbonyl (C=O) groups is 2. The maximum atomic E-state index is 12.3. The number of fused-ring (bicyclic) bond motifs is 1. The summed E-state index contributed by atoms with van der Waals surface area (Å²) in [4.78, 5) is 26.1. The first-order chi connectivity index (χ1) is 14.7. The number of rotatable bonds is 6. The highest BCUT2D eigenvalue weighted by Crippen LogP contribution is 2.29. The van der Waals surface area contributed by atoms with Crippen molar-refractivity contribution in [1.29, 1.82) is 0 Å². The molecule has 1 amide bonds. The second-order valence-electron chi connectivity index (χ2n) is 8.02. The lowest BCUT2D eigenvalue weighted by Gasteiger charge is -2.26. The van der Waals surface area contributed by atoms with E-state index in [2.05, 4.69) is 17.4 Å². The third-order valence-corrected chi connectivity index (χ3v) is 5.88. The lowest BCUT2D eigenvalue weighted by molar-refractivity contribution is -0.921. The summed E-state index contributed by atoms with van der Waals surface area (Å²) in [5, 5.41) is 3.01. The van der Waals surface area contributed by atoms with Crippen LogP contribution in [-0.4, -0.2) is 44.8 Å². The van der Waals surface area contributed by atoms with Crippen molar-refractivity contribution >= 4 is 11.9 Å². The number of aryl methyl sites for hydroxylation is 1. The normalized spacial score (nSPS) is 19.0. The van der Waals surface area contributed by atoms with Crippen LogP contribution in [0.5, 0.6) is 0 Å². The predicted molar refractivity (Wildman–Crippen MR) is 112 cm³/mol. The molecular weight excluding hydrogens is 380 g/mol. The number of hydrogen-bond acceptors (Lipinski definition) is 4. The molecule has 1 saturated heterocycles. The van der Waals surface area contributed by atoms with Gasteiger partial charge in [0.1, 0.15) is 19.6 Å². The molecule has 30 heavy (non-hydrogen) atoms. The summed E-state index contributed by atoms with van der Waals surface area (Å²) in [6.07, 6.45) is 2.99. The van der Waals surface area contributed by atoms with Crippen LogP contribution >= 0.6 is 0 Å². The molecule has 1 aliphatic heterocycles. The summed E-state index contributed by atoms with van der Waals surface area (Å²) >= 11 is 0. The number of carbonyl (C=O) groups excluding carboxylic acids is 2. The average Bonchev–Trinajstić information content (AvgIpc) is 2.79. The lowest BCUT2D eigenvalue weighted by atomic mass is 9.88. The summed E-state index contributed by atoms with van der Waals surface area (Å²) < 4.78 is 10.6. The number of benzene rings is 2. The summed E-state index contributed by atoms with van der Waals surface area (Å²) in [5.74, 6) is -0.739. The van der Waals surface area contributed by atoms with Crippen LogP contribution in [0.15, 0.2) is 48.5 Å². The number of quaternary nitrogens is 1. The molecule has 1 atom stereocenters. The van der Waals surface area contributed by atoms with E-state index in [4.69, 9.17) is 9.47 Å². The summed E-state index contributed by atoms with van der Waals surface area (Å²) in [6.45, 7) is 4.26. The van der Waals surface area contributed by atoms with E-state index in [1.807, 2.05) is 24.3 Å². The van der Waals surface area contributed by atoms with Crippen LogP contribution in [0, 0.1) is 0 Å². The molecule has 0 bridgehead atoms. The van der Waals surface area contributed by atoms with Gasteiger partial charge in [-0.05, 0) is 42.5 Å². The molecule has 2 aromatic carbocycles. The molecule has 158 valence electrons. The fourth-order valence-corrected chi connectivity index (χ4v) is 4.24. The Morgan fingerprint density at radius 1 is 1.07 bits per heavy atom. The van der Waals surface area contributed by atoms with Crippen LogP contribution in [0.4, 0.5) is 0 Å². The van der Waals surface area contributed by atoms with Gasteiger partial charge in [-0.1, -0.05) is 36.4 Å². The van der Waals surface area contributed by atoms with Gasteiger partial charge in [0.05, 0.1) is 24.8 Å². The molecule has 0 unspecified atom stereocenters. The van der Waals surface area contributed by atoms with Gasteiger partial charge in [0, 0.05) is 5.56 Å². The van der Waals surface area contributed by atoms with Gasteiger partial charge in [0.2, 0.25) is 0 Å². The molecular formula is C24H29N2O4+. The number of amides is 1. The van der Waals surface area contributed by atoms with Crippen molar-refractivity contribution in [3.05, 3.63) is 70.8 Å². The Hall–Kier alpha value is -2.70. The SMILES string of the molecule is O=C(COC(=O)c1ccc(C[NH+]2CCOCC2)cc1)N[C@@H]1CCCc2ccccc21. The standard InChI is InChI=1S/C24H28N2O4/c27-23(25-22-7-3-5-19-4-1-2-6-21(19)22)17-30-24(28)20-10-8-18(9-11-20)16-26-12-14-29-15-13-26/h1-2,4,6,8-11,22H,3,5,7,12-17H2,(H,25,27)/p+1/t22-/m1/s1. The molecule has 6 heteroatoms. The van der Waals surface area contributed by atoms with Crippen molar-refractivity contribution in [3.8, 4) is 0 Å². The Morgan fingerprint density at radius 3 is 2.63 bits per heavy atom. The molecule has 6 nitrogen and oxygen atoms in total. The predicted octanol–water partition coefficient (Wildman–Crippen LogP) is 1.45. The van der Waals surface area contributed by atoms with E-state index in [1.54, 1.807) is 12.1 Å². The maximum absolute atomic E-state index is 12.3. The second-order valence-corrected chi connectivity index (χ2v) is 8.02. The minimum absolute atomic E-state index is 0.0110. The van der Waals surface area contributed by atoms with E-state index in [0.29, 0.717) is 5.56 Å². The number of nitrogens with one attached hydrogen (secondary N) is 2. The van der Waals surface area contributed by atoms with Crippen molar-refractivity contribution in [2.75, 3.05) is 32.9 Å². The van der Waals surface area contributed by atoms with Crippen molar-refractivity contribution < 1.29 is 24.0 Å². The van der Waals surface area contributed by atoms with Crippen molar-refractivity contribution in [2.45, 2.75) is 31.8 Å². The van der Waals surface area contributed by atoms with E-state index < -0.39 is 5.97 Å². The molecule has 0 aromatic heterocycles. The van der Waals surface area contributed by atoms with E-state index in [1.165, 1.54) is 21.6 Å². The Kier molecular flexibility index (Phi) is 6.77. The van der Waals surface area contributed by atoms with Crippen LogP contribution in [0.2, 0.25) is 0 Å². The van der Waals surface area contributed by atoms with Crippen molar-refractivity contribution in [3.63, 3.8) is 0 Å². The minimum atomic E-state index is -0.473. The van der Waals surface area contributed by atoms with Gasteiger partial charge in [0.25, 0.3) is 5.91 Å². The molecule has 1 heterocycles. The monoisotopic (exact) mass is 409 g/mol. The molecule has 4 rings (SSSR count). The first-order valence-corrected chi connectivity index (χ1v) is 10.7. The molecule has 0 radical (unpaired) electrons. The van der Waals surface area contributed by atoms with Crippen LogP contribution in [0.25, 0.3) is 0 Å². The third kappa shape index (κ3) is 5.26. The quantitative estimate of drug-likeness (QED) is 0.709. The highest BCUT2D eigenvalue weighted by atomic mass is 16.5. The van der Waals surface area contributed by atoms with Gasteiger partial charge >= 0.3 is 5.97 Å². The Labute approximate surface area is 177 Å². The number of morpholine rings is 1. The van der Waals surface area contributed by atoms with E-state index >= 15 is 0 Å². The van der Waals surface area contributed by atoms with Gasteiger partial charge < -0.3 is 19.7 Å². The van der Waals surface area contributed by atoms with Crippen LogP contribution in [0.3, 0.4) is 0 Å². The van der Waals surface area contributed by atoms with E-state index in [-0.39, 0.29) is 18.6 Å². The number of esters is 1. The zero-order chi connectivity index (χ0) is 20.8. The molecule has 2 N–H and O–H groups in total. The van der Waals surface area contributed by atoms with Crippen molar-refractivity contribution in [2.24, 2.45) is 0 Å². The van der Waals surface area contributed by atoms with Crippen LogP contribution in [-0.2, 0) is 27.2 Å². The molecule has 2 aliphatic rings. The number of hydrogen-bond donors (Lipinski definition) is 2. The fraction of sp³-hybridized carbons (Fsp3) is 0.417. The van der Waals surface area contributed by atoms with Crippen LogP contribution in [0.1, 0.15) is 45.9 Å². The lowest BCUT2D eigenvalue weighted by Crippen LogP contribution is -3.12. The minimum Gasteiger partial charge on any atom is -0.452 e. The van der Waals surface area contributed by atoms with Gasteiger partial charge in [-0.15, -0.1) is 0 Å². The van der Waals surface area contributed by atoms with E-state index in [9.17, 15) is 9.59 Å². The molecule has 2 aromatic rings. The zero-order valence-electron chi connectivity index (χ0n) is 17.2. The second kappa shape index (κ2) is 9.87. The van der Waals surface area contributed by atoms with Gasteiger partial charge in [-0.25, -0.2) is 4.79 Å². The molecule has 0 spiro atoms. The Morgan fingerprint density at radius 2 is 1.83 bits per heavy atom. The molecule has 1 aliphatic carbocycles. The van der Waals surface area contributed by atoms with Crippen LogP contribution < -0.4 is 10.2 Å². The Bertz CT molecular complexity index is 875. The smallest absolute Gasteiger partial charge is 0.338 e. The van der Waals surface area contributed by atoms with Gasteiger partial charge in [0.15, 0.2) is 6.61 Å². The highest BCUT2D eigenvalue weighted by molar-refractivity contribution is 5.91. The third-order valence-electron chi connectivity index (χ3n) is 5.88. The summed E-state index contributed by atoms with van der Waals surface area (Å²) in [7, 11) is 0. The topological polar surface area (TPSA) is 69.1 Å². The molecule has 1 fully saturated rings. The largest absolute Gasteiger partial charge is 0.452 e. The van der Waals surface area contributed by atoms with Crippen molar-refractivity contribution in [1.82, 2.24) is 5.32 Å². The average molecular weight is 410 g/mol. The first-order valence-electron chi connectivity index (χ1n) is 10.7. The van der Waals surface area contributed by atoms with E-state index in [0.717, 1.165) is 52.1 Å². The van der Waals surface area contributed by atoms with Gasteiger partial charge in [-0.3, -0.25) is 4.79 Å². The molecule has 0 saturated carbocycles. The highest BCUT2D eigenvalue weighted by Gasteiger charge is 2.22. The summed E-state index contributed by atoms with van der Waals surface area (Å²) in [6, 6.07) is 15.6. The fourth-order valence-electron chi connectivity index (χ4n) is 4.24. The van der Waals surface area contributed by atoms with Gasteiger partial charge in [-0.2, -0.15) is 0 Å². The number of ether oxygens (including phenoxy) is 2. The maximum Gasteiger partial charge on any atom is 0.338 e. The first kappa shape index (κ1) is 20.6. The zero-order valence-corrected chi connectivity index (χ0v) is 17.2. The summed E-state index contributed by atoms with van der Waals surface area (Å²) in [5.41, 5.74) is 4.09. The Balaban J connectivity index is 1.26.